The summed E-state index contributed by atoms with van der Waals surface area (Å²) >= 11 is 0. The highest BCUT2D eigenvalue weighted by Crippen LogP contribution is 2.44. The number of amides is 1. The van der Waals surface area contributed by atoms with Crippen molar-refractivity contribution in [2.45, 2.75) is 52.6 Å². The number of rotatable bonds is 5. The second kappa shape index (κ2) is 5.96. The average molecular weight is 274 g/mol. The predicted molar refractivity (Wildman–Crippen MR) is 82.6 cm³/mol. The van der Waals surface area contributed by atoms with Gasteiger partial charge in [-0.3, -0.25) is 4.79 Å². The van der Waals surface area contributed by atoms with Crippen LogP contribution in [0.15, 0.2) is 24.3 Å². The summed E-state index contributed by atoms with van der Waals surface area (Å²) in [5, 5.41) is 6.50. The topological polar surface area (TPSA) is 41.1 Å². The zero-order chi connectivity index (χ0) is 14.8. The summed E-state index contributed by atoms with van der Waals surface area (Å²) in [7, 11) is 0. The second-order valence-corrected chi connectivity index (χ2v) is 6.72. The van der Waals surface area contributed by atoms with Crippen molar-refractivity contribution in [1.29, 1.82) is 0 Å². The molecule has 1 unspecified atom stereocenters. The Kier molecular flexibility index (Phi) is 4.48. The van der Waals surface area contributed by atoms with Crippen molar-refractivity contribution in [3.05, 3.63) is 35.4 Å². The van der Waals surface area contributed by atoms with E-state index in [1.807, 2.05) is 13.8 Å². The molecule has 0 bridgehead atoms. The minimum absolute atomic E-state index is 0.122. The van der Waals surface area contributed by atoms with Crippen molar-refractivity contribution >= 4 is 5.91 Å². The van der Waals surface area contributed by atoms with Crippen molar-refractivity contribution in [3.8, 4) is 0 Å². The molecule has 2 N–H and O–H groups in total. The molecular formula is C17H26N2O. The van der Waals surface area contributed by atoms with Crippen molar-refractivity contribution < 1.29 is 4.79 Å². The first-order valence-corrected chi connectivity index (χ1v) is 7.51. The molecule has 1 aliphatic carbocycles. The molecule has 2 rings (SSSR count). The second-order valence-electron chi connectivity index (χ2n) is 6.72. The predicted octanol–water partition coefficient (Wildman–Crippen LogP) is 2.81. The van der Waals surface area contributed by atoms with E-state index < -0.39 is 0 Å². The van der Waals surface area contributed by atoms with Gasteiger partial charge >= 0.3 is 0 Å². The Hall–Kier alpha value is -1.35. The Morgan fingerprint density at radius 2 is 2.05 bits per heavy atom. The van der Waals surface area contributed by atoms with E-state index in [4.69, 9.17) is 0 Å². The lowest BCUT2D eigenvalue weighted by Crippen LogP contribution is -2.36. The van der Waals surface area contributed by atoms with Crippen molar-refractivity contribution in [1.82, 2.24) is 10.6 Å². The van der Waals surface area contributed by atoms with Gasteiger partial charge in [-0.2, -0.15) is 0 Å². The van der Waals surface area contributed by atoms with Crippen LogP contribution in [0.1, 0.15) is 51.3 Å². The molecule has 0 saturated carbocycles. The Morgan fingerprint density at radius 3 is 2.75 bits per heavy atom. The number of nitrogens with one attached hydrogen (secondary N) is 2. The molecule has 20 heavy (non-hydrogen) atoms. The van der Waals surface area contributed by atoms with Crippen LogP contribution in [0.3, 0.4) is 0 Å². The Labute approximate surface area is 122 Å². The number of fused-ring (bicyclic) bond motifs is 1. The molecule has 1 aliphatic rings. The highest BCUT2D eigenvalue weighted by Gasteiger charge is 2.38. The SMILES string of the molecule is CC(C)NC(=O)CCNC1c2ccccc2CC1(C)C. The molecule has 1 atom stereocenters. The largest absolute Gasteiger partial charge is 0.354 e. The molecule has 0 saturated heterocycles. The third-order valence-corrected chi connectivity index (χ3v) is 3.94. The van der Waals surface area contributed by atoms with Gasteiger partial charge in [0.2, 0.25) is 5.91 Å². The van der Waals surface area contributed by atoms with Crippen molar-refractivity contribution in [3.63, 3.8) is 0 Å². The monoisotopic (exact) mass is 274 g/mol. The van der Waals surface area contributed by atoms with Gasteiger partial charge in [-0.1, -0.05) is 38.1 Å². The lowest BCUT2D eigenvalue weighted by molar-refractivity contribution is -0.121. The third-order valence-electron chi connectivity index (χ3n) is 3.94. The average Bonchev–Trinajstić information content (AvgIpc) is 2.59. The maximum absolute atomic E-state index is 11.7. The molecule has 0 fully saturated rings. The van der Waals surface area contributed by atoms with Gasteiger partial charge in [0.05, 0.1) is 0 Å². The molecule has 110 valence electrons. The first kappa shape index (κ1) is 15.0. The van der Waals surface area contributed by atoms with E-state index in [-0.39, 0.29) is 17.4 Å². The van der Waals surface area contributed by atoms with Gasteiger partial charge in [-0.15, -0.1) is 0 Å². The Bertz CT molecular complexity index is 480. The third kappa shape index (κ3) is 3.40. The molecule has 0 aromatic heterocycles. The van der Waals surface area contributed by atoms with Crippen LogP contribution < -0.4 is 10.6 Å². The van der Waals surface area contributed by atoms with Crippen molar-refractivity contribution in [2.75, 3.05) is 6.54 Å². The highest BCUT2D eigenvalue weighted by molar-refractivity contribution is 5.76. The molecule has 0 spiro atoms. The summed E-state index contributed by atoms with van der Waals surface area (Å²) in [6.07, 6.45) is 1.63. The summed E-state index contributed by atoms with van der Waals surface area (Å²) in [5.41, 5.74) is 3.03. The summed E-state index contributed by atoms with van der Waals surface area (Å²) in [4.78, 5) is 11.7. The molecule has 0 heterocycles. The Balaban J connectivity index is 1.94. The molecule has 0 radical (unpaired) electrons. The minimum Gasteiger partial charge on any atom is -0.354 e. The van der Waals surface area contributed by atoms with Crippen LogP contribution in [-0.2, 0) is 11.2 Å². The van der Waals surface area contributed by atoms with Crippen LogP contribution in [0, 0.1) is 5.41 Å². The van der Waals surface area contributed by atoms with E-state index in [0.29, 0.717) is 12.5 Å². The van der Waals surface area contributed by atoms with Gasteiger partial charge in [0, 0.05) is 25.0 Å². The fourth-order valence-corrected chi connectivity index (χ4v) is 3.10. The molecule has 3 heteroatoms. The van der Waals surface area contributed by atoms with Gasteiger partial charge < -0.3 is 10.6 Å². The number of carbonyl (C=O) groups is 1. The minimum atomic E-state index is 0.122. The molecular weight excluding hydrogens is 248 g/mol. The van der Waals surface area contributed by atoms with Gasteiger partial charge in [0.1, 0.15) is 0 Å². The summed E-state index contributed by atoms with van der Waals surface area (Å²) in [6.45, 7) is 9.28. The van der Waals surface area contributed by atoms with Gasteiger partial charge in [0.25, 0.3) is 0 Å². The molecule has 3 nitrogen and oxygen atoms in total. The zero-order valence-corrected chi connectivity index (χ0v) is 13.0. The fourth-order valence-electron chi connectivity index (χ4n) is 3.10. The van der Waals surface area contributed by atoms with E-state index in [1.165, 1.54) is 11.1 Å². The molecule has 1 aromatic rings. The lowest BCUT2D eigenvalue weighted by Gasteiger charge is -2.28. The Morgan fingerprint density at radius 1 is 1.35 bits per heavy atom. The highest BCUT2D eigenvalue weighted by atomic mass is 16.1. The van der Waals surface area contributed by atoms with Gasteiger partial charge in [0.15, 0.2) is 0 Å². The maximum Gasteiger partial charge on any atom is 0.221 e. The molecule has 1 amide bonds. The smallest absolute Gasteiger partial charge is 0.221 e. The molecule has 1 aromatic carbocycles. The van der Waals surface area contributed by atoms with E-state index in [1.54, 1.807) is 0 Å². The van der Waals surface area contributed by atoms with E-state index in [0.717, 1.165) is 13.0 Å². The van der Waals surface area contributed by atoms with E-state index in [2.05, 4.69) is 48.7 Å². The van der Waals surface area contributed by atoms with Gasteiger partial charge in [-0.05, 0) is 36.8 Å². The zero-order valence-electron chi connectivity index (χ0n) is 13.0. The normalized spacial score (nSPS) is 19.9. The summed E-state index contributed by atoms with van der Waals surface area (Å²) < 4.78 is 0. The number of hydrogen-bond acceptors (Lipinski definition) is 2. The van der Waals surface area contributed by atoms with E-state index >= 15 is 0 Å². The van der Waals surface area contributed by atoms with Crippen LogP contribution >= 0.6 is 0 Å². The number of carbonyl (C=O) groups excluding carboxylic acids is 1. The number of hydrogen-bond donors (Lipinski definition) is 2. The molecule has 0 aliphatic heterocycles. The summed E-state index contributed by atoms with van der Waals surface area (Å²) in [5.74, 6) is 0.122. The quantitative estimate of drug-likeness (QED) is 0.867. The maximum atomic E-state index is 11.7. The fraction of sp³-hybridized carbons (Fsp3) is 0.588. The standard InChI is InChI=1S/C17H26N2O/c1-12(2)19-15(20)9-10-18-16-14-8-6-5-7-13(14)11-17(16,3)4/h5-8,12,16,18H,9-11H2,1-4H3,(H,19,20). The van der Waals surface area contributed by atoms with Gasteiger partial charge in [-0.25, -0.2) is 0 Å². The van der Waals surface area contributed by atoms with Crippen LogP contribution in [0.4, 0.5) is 0 Å². The van der Waals surface area contributed by atoms with Crippen LogP contribution in [0.25, 0.3) is 0 Å². The summed E-state index contributed by atoms with van der Waals surface area (Å²) in [6, 6.07) is 9.17. The van der Waals surface area contributed by atoms with Crippen LogP contribution in [0.2, 0.25) is 0 Å². The van der Waals surface area contributed by atoms with Crippen molar-refractivity contribution in [2.24, 2.45) is 5.41 Å². The first-order chi connectivity index (χ1) is 9.40. The number of benzene rings is 1. The first-order valence-electron chi connectivity index (χ1n) is 7.51. The lowest BCUT2D eigenvalue weighted by atomic mass is 9.85. The van der Waals surface area contributed by atoms with E-state index in [9.17, 15) is 4.79 Å². The van der Waals surface area contributed by atoms with Crippen LogP contribution in [0.5, 0.6) is 0 Å². The van der Waals surface area contributed by atoms with Crippen LogP contribution in [-0.4, -0.2) is 18.5 Å².